The van der Waals surface area contributed by atoms with Crippen molar-refractivity contribution in [3.63, 3.8) is 0 Å². The molecule has 5 rings (SSSR count). The Morgan fingerprint density at radius 3 is 2.73 bits per heavy atom. The van der Waals surface area contributed by atoms with Crippen LogP contribution in [-0.2, 0) is 6.54 Å². The van der Waals surface area contributed by atoms with E-state index < -0.39 is 23.9 Å². The Kier molecular flexibility index (Phi) is 6.65. The number of alkyl halides is 2. The number of pyridine rings is 1. The van der Waals surface area contributed by atoms with Crippen molar-refractivity contribution < 1.29 is 18.3 Å². The van der Waals surface area contributed by atoms with Gasteiger partial charge in [0.15, 0.2) is 11.5 Å². The van der Waals surface area contributed by atoms with Gasteiger partial charge >= 0.3 is 0 Å². The fourth-order valence-electron chi connectivity index (χ4n) is 4.75. The predicted molar refractivity (Wildman–Crippen MR) is 134 cm³/mol. The normalized spacial score (nSPS) is 19.1. The molecule has 1 aliphatic heterocycles. The highest BCUT2D eigenvalue weighted by atomic mass is 35.5. The highest BCUT2D eigenvalue weighted by Gasteiger charge is 2.43. The first kappa shape index (κ1) is 25.2. The molecule has 0 radical (unpaired) electrons. The highest BCUT2D eigenvalue weighted by Crippen LogP contribution is 2.34. The number of aliphatic hydroxyl groups is 1. The van der Waals surface area contributed by atoms with Gasteiger partial charge in [-0.25, -0.2) is 28.1 Å². The van der Waals surface area contributed by atoms with Crippen molar-refractivity contribution >= 4 is 34.3 Å². The van der Waals surface area contributed by atoms with Crippen LogP contribution in [0.15, 0.2) is 43.1 Å². The third-order valence-corrected chi connectivity index (χ3v) is 6.90. The summed E-state index contributed by atoms with van der Waals surface area (Å²) in [5, 5.41) is 10.4. The number of nitrogen functional groups attached to an aromatic ring is 1. The summed E-state index contributed by atoms with van der Waals surface area (Å²) in [5.74, 6) is -0.307. The van der Waals surface area contributed by atoms with Gasteiger partial charge in [-0.15, -0.1) is 0 Å². The molecule has 0 amide bonds. The van der Waals surface area contributed by atoms with Crippen LogP contribution in [0.25, 0.3) is 22.4 Å². The topological polar surface area (TPSA) is 132 Å². The fourth-order valence-corrected chi connectivity index (χ4v) is 4.91. The van der Waals surface area contributed by atoms with Crippen LogP contribution < -0.4 is 16.4 Å². The maximum atomic E-state index is 14.7. The molecule has 4 aromatic rings. The van der Waals surface area contributed by atoms with Crippen molar-refractivity contribution in [3.05, 3.63) is 59.5 Å². The quantitative estimate of drug-likeness (QED) is 0.345. The van der Waals surface area contributed by atoms with Crippen LogP contribution in [0.5, 0.6) is 0 Å². The van der Waals surface area contributed by atoms with Gasteiger partial charge < -0.3 is 26.0 Å². The molecule has 5 N–H and O–H groups in total. The number of fused-ring (bicyclic) bond motifs is 1. The van der Waals surface area contributed by atoms with E-state index in [0.29, 0.717) is 41.1 Å². The zero-order valence-corrected chi connectivity index (χ0v) is 20.3. The highest BCUT2D eigenvalue weighted by molar-refractivity contribution is 6.30. The summed E-state index contributed by atoms with van der Waals surface area (Å²) in [6.07, 6.45) is 0.233. The second-order valence-corrected chi connectivity index (χ2v) is 9.60. The first-order valence-electron chi connectivity index (χ1n) is 11.5. The van der Waals surface area contributed by atoms with E-state index in [1.54, 1.807) is 29.2 Å². The Balaban J connectivity index is 1.58. The number of hydrogen-bond acceptors (Lipinski definition) is 8. The van der Waals surface area contributed by atoms with Crippen molar-refractivity contribution in [2.45, 2.75) is 37.5 Å². The minimum Gasteiger partial charge on any atom is -0.385 e. The van der Waals surface area contributed by atoms with Gasteiger partial charge in [-0.3, -0.25) is 4.98 Å². The minimum absolute atomic E-state index is 0.0123. The summed E-state index contributed by atoms with van der Waals surface area (Å²) in [6.45, 7) is 0.734. The minimum atomic E-state index is -2.97. The molecule has 194 valence electrons. The van der Waals surface area contributed by atoms with E-state index in [9.17, 15) is 18.3 Å². The van der Waals surface area contributed by atoms with Crippen molar-refractivity contribution in [3.8, 4) is 11.3 Å². The fraction of sp³-hybridized carbons (Fsp3) is 0.333. The lowest BCUT2D eigenvalue weighted by Gasteiger charge is -2.44. The monoisotopic (exact) mass is 532 g/mol. The van der Waals surface area contributed by atoms with Crippen molar-refractivity contribution in [2.24, 2.45) is 5.73 Å². The van der Waals surface area contributed by atoms with E-state index in [4.69, 9.17) is 23.1 Å². The van der Waals surface area contributed by atoms with Gasteiger partial charge in [0.05, 0.1) is 36.0 Å². The molecular formula is C24H24ClF3N8O. The molecule has 2 atom stereocenters. The Bertz CT molecular complexity index is 1450. The smallest absolute Gasteiger partial charge is 0.265 e. The Morgan fingerprint density at radius 2 is 1.97 bits per heavy atom. The van der Waals surface area contributed by atoms with Crippen molar-refractivity contribution in [1.29, 1.82) is 0 Å². The van der Waals surface area contributed by atoms with E-state index in [0.717, 1.165) is 0 Å². The molecule has 4 heterocycles. The molecule has 0 bridgehead atoms. The van der Waals surface area contributed by atoms with Crippen molar-refractivity contribution in [1.82, 2.24) is 24.5 Å². The number of hydrogen-bond donors (Lipinski definition) is 3. The molecule has 1 fully saturated rings. The molecule has 1 aromatic carbocycles. The maximum Gasteiger partial charge on any atom is 0.265 e. The number of anilines is 2. The number of nitrogens with two attached hydrogens (primary N) is 2. The number of imidazole rings is 1. The molecule has 0 spiro atoms. The lowest BCUT2D eigenvalue weighted by atomic mass is 9.84. The molecule has 0 unspecified atom stereocenters. The van der Waals surface area contributed by atoms with Gasteiger partial charge in [-0.2, -0.15) is 0 Å². The van der Waals surface area contributed by atoms with Crippen LogP contribution in [0.1, 0.15) is 18.4 Å². The van der Waals surface area contributed by atoms with Crippen molar-refractivity contribution in [2.75, 3.05) is 23.7 Å². The second-order valence-electron chi connectivity index (χ2n) is 9.16. The zero-order valence-electron chi connectivity index (χ0n) is 19.5. The lowest BCUT2D eigenvalue weighted by Crippen LogP contribution is -2.63. The third kappa shape index (κ3) is 4.79. The van der Waals surface area contributed by atoms with E-state index >= 15 is 0 Å². The van der Waals surface area contributed by atoms with Gasteiger partial charge in [0.1, 0.15) is 23.8 Å². The van der Waals surface area contributed by atoms with Gasteiger partial charge in [-0.05, 0) is 42.7 Å². The zero-order chi connectivity index (χ0) is 26.3. The molecule has 13 heteroatoms. The van der Waals surface area contributed by atoms with Gasteiger partial charge in [0, 0.05) is 23.7 Å². The number of halogens is 4. The number of rotatable bonds is 6. The number of piperidine rings is 1. The number of aromatic nitrogens is 5. The summed E-state index contributed by atoms with van der Waals surface area (Å²) in [5.41, 5.74) is 13.5. The first-order chi connectivity index (χ1) is 17.7. The molecule has 1 saturated heterocycles. The largest absolute Gasteiger partial charge is 0.385 e. The van der Waals surface area contributed by atoms with Gasteiger partial charge in [0.25, 0.3) is 6.43 Å². The van der Waals surface area contributed by atoms with Crippen LogP contribution in [0.3, 0.4) is 0 Å². The molecule has 37 heavy (non-hydrogen) atoms. The Labute approximate surface area is 214 Å². The number of benzene rings is 1. The van der Waals surface area contributed by atoms with Gasteiger partial charge in [0.2, 0.25) is 0 Å². The summed E-state index contributed by atoms with van der Waals surface area (Å²) in [4.78, 5) is 18.8. The Hall–Kier alpha value is -3.48. The average molecular weight is 533 g/mol. The second kappa shape index (κ2) is 9.77. The van der Waals surface area contributed by atoms with Crippen LogP contribution in [-0.4, -0.2) is 60.8 Å². The molecule has 3 aromatic heterocycles. The summed E-state index contributed by atoms with van der Waals surface area (Å²) in [6, 6.07) is 6.02. The Morgan fingerprint density at radius 1 is 1.16 bits per heavy atom. The van der Waals surface area contributed by atoms with E-state index in [2.05, 4.69) is 19.9 Å². The van der Waals surface area contributed by atoms with E-state index in [1.807, 2.05) is 4.90 Å². The average Bonchev–Trinajstić information content (AvgIpc) is 3.27. The maximum absolute atomic E-state index is 14.7. The molecule has 0 saturated carbocycles. The predicted octanol–water partition coefficient (Wildman–Crippen LogP) is 3.24. The van der Waals surface area contributed by atoms with E-state index in [-0.39, 0.29) is 35.9 Å². The first-order valence-corrected chi connectivity index (χ1v) is 11.9. The SMILES string of the molecule is Nc1ncnc2c1ncn2Cc1cc(-c2ccc(Cl)cc2F)ncc1N1CCC[C@](N)([C@H](O)C(F)F)C1. The third-order valence-electron chi connectivity index (χ3n) is 6.67. The molecule has 0 aliphatic carbocycles. The van der Waals surface area contributed by atoms with Crippen LogP contribution >= 0.6 is 11.6 Å². The van der Waals surface area contributed by atoms with Gasteiger partial charge in [-0.1, -0.05) is 11.6 Å². The van der Waals surface area contributed by atoms with Crippen LogP contribution in [0, 0.1) is 5.82 Å². The standard InChI is InChI=1S/C24H24ClF3N8O/c25-14-2-3-15(16(26)7-14)17-6-13(9-36-12-34-19-22(29)32-11-33-23(19)36)18(8-31-17)35-5-1-4-24(30,10-35)20(37)21(27)28/h2-3,6-8,11-12,20-21,37H,1,4-5,9-10,30H2,(H2,29,32,33)/t20-,24-/m1/s1. The number of aliphatic hydroxyl groups excluding tert-OH is 1. The lowest BCUT2D eigenvalue weighted by molar-refractivity contribution is -0.0529. The van der Waals surface area contributed by atoms with E-state index in [1.165, 1.54) is 18.5 Å². The van der Waals surface area contributed by atoms with Crippen LogP contribution in [0.2, 0.25) is 5.02 Å². The number of nitrogens with zero attached hydrogens (tertiary/aromatic N) is 6. The summed E-state index contributed by atoms with van der Waals surface area (Å²) >= 11 is 5.91. The summed E-state index contributed by atoms with van der Waals surface area (Å²) < 4.78 is 43.2. The molecule has 9 nitrogen and oxygen atoms in total. The summed E-state index contributed by atoms with van der Waals surface area (Å²) in [7, 11) is 0. The molecule has 1 aliphatic rings. The van der Waals surface area contributed by atoms with Crippen LogP contribution in [0.4, 0.5) is 24.7 Å². The molecular weight excluding hydrogens is 509 g/mol.